The molecule has 0 saturated carbocycles. The lowest BCUT2D eigenvalue weighted by Gasteiger charge is -2.14. The molecule has 1 aromatic heterocycles. The standard InChI is InChI=1S/C18H17BrFN5O3/c1-26-14-7-11(8-15(27-2)16(14)28-3)23-17-21-9-22-18(25-17)24-13-5-4-10(19)6-12(13)20/h4-9H,1-3H3,(H2,21,22,23,24,25). The normalized spacial score (nSPS) is 10.3. The predicted octanol–water partition coefficient (Wildman–Crippen LogP) is 4.29. The smallest absolute Gasteiger partial charge is 0.232 e. The van der Waals surface area contributed by atoms with Crippen LogP contribution >= 0.6 is 15.9 Å². The van der Waals surface area contributed by atoms with Crippen molar-refractivity contribution in [3.05, 3.63) is 46.9 Å². The van der Waals surface area contributed by atoms with E-state index in [2.05, 4.69) is 41.5 Å². The molecule has 28 heavy (non-hydrogen) atoms. The molecule has 0 aliphatic carbocycles. The molecule has 0 amide bonds. The van der Waals surface area contributed by atoms with Gasteiger partial charge in [-0.2, -0.15) is 4.98 Å². The van der Waals surface area contributed by atoms with E-state index < -0.39 is 5.82 Å². The SMILES string of the molecule is COc1cc(Nc2ncnc(Nc3ccc(Br)cc3F)n2)cc(OC)c1OC. The molecule has 0 bridgehead atoms. The van der Waals surface area contributed by atoms with Crippen molar-refractivity contribution in [2.75, 3.05) is 32.0 Å². The van der Waals surface area contributed by atoms with Gasteiger partial charge >= 0.3 is 0 Å². The molecule has 1 heterocycles. The van der Waals surface area contributed by atoms with E-state index >= 15 is 0 Å². The topological polar surface area (TPSA) is 90.4 Å². The van der Waals surface area contributed by atoms with Crippen LogP contribution in [-0.2, 0) is 0 Å². The molecule has 0 fully saturated rings. The van der Waals surface area contributed by atoms with Crippen molar-refractivity contribution in [3.63, 3.8) is 0 Å². The minimum atomic E-state index is -0.436. The number of rotatable bonds is 7. The minimum absolute atomic E-state index is 0.186. The van der Waals surface area contributed by atoms with Crippen LogP contribution < -0.4 is 24.8 Å². The Morgan fingerprint density at radius 1 is 0.893 bits per heavy atom. The van der Waals surface area contributed by atoms with E-state index in [9.17, 15) is 4.39 Å². The Kier molecular flexibility index (Phi) is 6.09. The third kappa shape index (κ3) is 4.39. The van der Waals surface area contributed by atoms with E-state index in [1.807, 2.05) is 0 Å². The number of aromatic nitrogens is 3. The van der Waals surface area contributed by atoms with Crippen molar-refractivity contribution < 1.29 is 18.6 Å². The minimum Gasteiger partial charge on any atom is -0.493 e. The largest absolute Gasteiger partial charge is 0.493 e. The molecule has 0 saturated heterocycles. The summed E-state index contributed by atoms with van der Waals surface area (Å²) < 4.78 is 30.6. The molecule has 10 heteroatoms. The predicted molar refractivity (Wildman–Crippen MR) is 107 cm³/mol. The lowest BCUT2D eigenvalue weighted by molar-refractivity contribution is 0.324. The second-order valence-corrected chi connectivity index (χ2v) is 6.34. The van der Waals surface area contributed by atoms with Gasteiger partial charge in [-0.05, 0) is 18.2 Å². The van der Waals surface area contributed by atoms with Gasteiger partial charge in [-0.1, -0.05) is 15.9 Å². The van der Waals surface area contributed by atoms with Gasteiger partial charge in [0.2, 0.25) is 17.6 Å². The van der Waals surface area contributed by atoms with Crippen LogP contribution in [0.4, 0.5) is 27.7 Å². The molecule has 3 rings (SSSR count). The zero-order chi connectivity index (χ0) is 20.1. The summed E-state index contributed by atoms with van der Waals surface area (Å²) in [5.74, 6) is 1.44. The molecule has 8 nitrogen and oxygen atoms in total. The van der Waals surface area contributed by atoms with Gasteiger partial charge in [0.25, 0.3) is 0 Å². The van der Waals surface area contributed by atoms with E-state index in [0.717, 1.165) is 0 Å². The maximum Gasteiger partial charge on any atom is 0.232 e. The third-order valence-corrected chi connectivity index (χ3v) is 4.16. The Hall–Kier alpha value is -3.14. The maximum atomic E-state index is 14.0. The Morgan fingerprint density at radius 2 is 1.54 bits per heavy atom. The highest BCUT2D eigenvalue weighted by atomic mass is 79.9. The summed E-state index contributed by atoms with van der Waals surface area (Å²) in [6.07, 6.45) is 1.31. The first-order valence-electron chi connectivity index (χ1n) is 8.02. The fourth-order valence-electron chi connectivity index (χ4n) is 2.41. The highest BCUT2D eigenvalue weighted by Gasteiger charge is 2.14. The summed E-state index contributed by atoms with van der Waals surface area (Å²) in [6, 6.07) is 8.06. The van der Waals surface area contributed by atoms with E-state index in [1.54, 1.807) is 24.3 Å². The maximum absolute atomic E-state index is 14.0. The number of benzene rings is 2. The molecule has 146 valence electrons. The molecule has 0 aliphatic heterocycles. The van der Waals surface area contributed by atoms with Gasteiger partial charge in [0, 0.05) is 22.3 Å². The van der Waals surface area contributed by atoms with Crippen LogP contribution in [0, 0.1) is 5.82 Å². The van der Waals surface area contributed by atoms with Crippen molar-refractivity contribution in [1.29, 1.82) is 0 Å². The van der Waals surface area contributed by atoms with Crippen LogP contribution in [0.5, 0.6) is 17.2 Å². The first kappa shape index (κ1) is 19.6. The second kappa shape index (κ2) is 8.70. The molecule has 0 unspecified atom stereocenters. The molecular weight excluding hydrogens is 433 g/mol. The van der Waals surface area contributed by atoms with Crippen molar-refractivity contribution in [1.82, 2.24) is 15.0 Å². The monoisotopic (exact) mass is 449 g/mol. The molecule has 0 aliphatic rings. The number of hydrogen-bond donors (Lipinski definition) is 2. The van der Waals surface area contributed by atoms with E-state index in [4.69, 9.17) is 14.2 Å². The molecule has 0 radical (unpaired) electrons. The van der Waals surface area contributed by atoms with Gasteiger partial charge in [-0.15, -0.1) is 0 Å². The number of nitrogens with zero attached hydrogens (tertiary/aromatic N) is 3. The summed E-state index contributed by atoms with van der Waals surface area (Å²) >= 11 is 3.22. The average molecular weight is 450 g/mol. The Labute approximate surface area is 169 Å². The van der Waals surface area contributed by atoms with Crippen LogP contribution in [0.2, 0.25) is 0 Å². The number of anilines is 4. The molecule has 2 aromatic carbocycles. The first-order chi connectivity index (χ1) is 13.5. The Bertz CT molecular complexity index is 964. The summed E-state index contributed by atoms with van der Waals surface area (Å²) in [6.45, 7) is 0. The third-order valence-electron chi connectivity index (χ3n) is 3.67. The number of hydrogen-bond acceptors (Lipinski definition) is 8. The summed E-state index contributed by atoms with van der Waals surface area (Å²) in [5.41, 5.74) is 0.856. The Morgan fingerprint density at radius 3 is 2.11 bits per heavy atom. The first-order valence-corrected chi connectivity index (χ1v) is 8.81. The number of halogens is 2. The lowest BCUT2D eigenvalue weighted by Crippen LogP contribution is -2.04. The summed E-state index contributed by atoms with van der Waals surface area (Å²) in [4.78, 5) is 12.3. The van der Waals surface area contributed by atoms with Gasteiger partial charge in [0.1, 0.15) is 12.1 Å². The van der Waals surface area contributed by atoms with Crippen molar-refractivity contribution in [3.8, 4) is 17.2 Å². The van der Waals surface area contributed by atoms with Gasteiger partial charge in [0.15, 0.2) is 11.5 Å². The number of methoxy groups -OCH3 is 3. The van der Waals surface area contributed by atoms with Crippen LogP contribution in [0.25, 0.3) is 0 Å². The van der Waals surface area contributed by atoms with E-state index in [-0.39, 0.29) is 17.6 Å². The Balaban J connectivity index is 1.85. The van der Waals surface area contributed by atoms with Gasteiger partial charge < -0.3 is 24.8 Å². The van der Waals surface area contributed by atoms with Crippen molar-refractivity contribution in [2.45, 2.75) is 0 Å². The lowest BCUT2D eigenvalue weighted by atomic mass is 10.2. The summed E-state index contributed by atoms with van der Waals surface area (Å²) in [7, 11) is 4.58. The molecule has 2 N–H and O–H groups in total. The second-order valence-electron chi connectivity index (χ2n) is 5.42. The summed E-state index contributed by atoms with van der Waals surface area (Å²) in [5, 5.41) is 5.86. The quantitative estimate of drug-likeness (QED) is 0.551. The van der Waals surface area contributed by atoms with Crippen molar-refractivity contribution in [2.24, 2.45) is 0 Å². The fourth-order valence-corrected chi connectivity index (χ4v) is 2.74. The molecule has 3 aromatic rings. The van der Waals surface area contributed by atoms with Crippen LogP contribution in [0.15, 0.2) is 41.1 Å². The zero-order valence-electron chi connectivity index (χ0n) is 15.3. The highest BCUT2D eigenvalue weighted by molar-refractivity contribution is 9.10. The van der Waals surface area contributed by atoms with Crippen LogP contribution in [0.1, 0.15) is 0 Å². The van der Waals surface area contributed by atoms with Gasteiger partial charge in [0.05, 0.1) is 27.0 Å². The van der Waals surface area contributed by atoms with Crippen LogP contribution in [-0.4, -0.2) is 36.3 Å². The number of nitrogens with one attached hydrogen (secondary N) is 2. The van der Waals surface area contributed by atoms with Crippen LogP contribution in [0.3, 0.4) is 0 Å². The van der Waals surface area contributed by atoms with Gasteiger partial charge in [-0.3, -0.25) is 0 Å². The van der Waals surface area contributed by atoms with Crippen molar-refractivity contribution >= 4 is 39.2 Å². The molecular formula is C18H17BrFN5O3. The van der Waals surface area contributed by atoms with Gasteiger partial charge in [-0.25, -0.2) is 14.4 Å². The highest BCUT2D eigenvalue weighted by Crippen LogP contribution is 2.40. The fraction of sp³-hybridized carbons (Fsp3) is 0.167. The zero-order valence-corrected chi connectivity index (χ0v) is 16.9. The molecule has 0 spiro atoms. The van der Waals surface area contributed by atoms with E-state index in [1.165, 1.54) is 33.7 Å². The van der Waals surface area contributed by atoms with E-state index in [0.29, 0.717) is 27.4 Å². The number of ether oxygens (including phenoxy) is 3. The average Bonchev–Trinajstić information content (AvgIpc) is 2.69. The molecule has 0 atom stereocenters.